The van der Waals surface area contributed by atoms with Crippen LogP contribution in [-0.4, -0.2) is 19.1 Å². The van der Waals surface area contributed by atoms with Crippen molar-refractivity contribution < 1.29 is 31.1 Å². The lowest BCUT2D eigenvalue weighted by Crippen LogP contribution is -2.31. The lowest BCUT2D eigenvalue weighted by atomic mass is 10.2. The molecular weight excluding hydrogens is 362 g/mol. The van der Waals surface area contributed by atoms with Crippen molar-refractivity contribution in [3.63, 3.8) is 0 Å². The van der Waals surface area contributed by atoms with Crippen LogP contribution < -0.4 is 9.80 Å². The zero-order valence-corrected chi connectivity index (χ0v) is 13.1. The maximum absolute atomic E-state index is 12.6. The molecule has 0 aliphatic carbocycles. The van der Waals surface area contributed by atoms with E-state index in [0.29, 0.717) is 0 Å². The number of amides is 2. The molecule has 0 unspecified atom stereocenters. The van der Waals surface area contributed by atoms with Gasteiger partial charge in [-0.25, -0.2) is 4.79 Å². The lowest BCUT2D eigenvalue weighted by Gasteiger charge is -2.19. The summed E-state index contributed by atoms with van der Waals surface area (Å²) in [4.78, 5) is 15.0. The lowest BCUT2D eigenvalue weighted by molar-refractivity contribution is -0.138. The first-order valence-electron chi connectivity index (χ1n) is 7.51. The first-order chi connectivity index (χ1) is 12.1. The molecule has 1 heterocycles. The highest BCUT2D eigenvalue weighted by atomic mass is 19.4. The normalized spacial score (nSPS) is 15.7. The van der Waals surface area contributed by atoms with Crippen molar-refractivity contribution in [1.82, 2.24) is 0 Å². The molecule has 26 heavy (non-hydrogen) atoms. The highest BCUT2D eigenvalue weighted by molar-refractivity contribution is 6.06. The van der Waals surface area contributed by atoms with E-state index in [9.17, 15) is 31.1 Å². The van der Waals surface area contributed by atoms with Crippen LogP contribution in [0.2, 0.25) is 0 Å². The Morgan fingerprint density at radius 3 is 1.19 bits per heavy atom. The number of halogens is 6. The molecule has 0 aromatic heterocycles. The first kappa shape index (κ1) is 18.1. The van der Waals surface area contributed by atoms with E-state index in [1.807, 2.05) is 0 Å². The minimum absolute atomic E-state index is 0.214. The van der Waals surface area contributed by atoms with Crippen molar-refractivity contribution >= 4 is 17.4 Å². The Labute approximate surface area is 144 Å². The van der Waals surface area contributed by atoms with E-state index in [1.165, 1.54) is 34.1 Å². The fourth-order valence-electron chi connectivity index (χ4n) is 2.68. The van der Waals surface area contributed by atoms with E-state index in [4.69, 9.17) is 0 Å². The standard InChI is InChI=1S/C17H12F6N2O/c18-16(19,20)11-1-5-13(6-2-11)24-9-10-25(15(24)26)14-7-3-12(4-8-14)17(21,22)23/h1-8H,9-10H2. The zero-order chi connectivity index (χ0) is 19.1. The van der Waals surface area contributed by atoms with E-state index in [2.05, 4.69) is 0 Å². The molecule has 2 aromatic rings. The van der Waals surface area contributed by atoms with Gasteiger partial charge >= 0.3 is 18.4 Å². The van der Waals surface area contributed by atoms with Crippen LogP contribution >= 0.6 is 0 Å². The zero-order valence-electron chi connectivity index (χ0n) is 13.1. The average molecular weight is 374 g/mol. The molecule has 2 amide bonds. The third-order valence-corrected chi connectivity index (χ3v) is 4.02. The third kappa shape index (κ3) is 3.47. The Balaban J connectivity index is 1.78. The third-order valence-electron chi connectivity index (χ3n) is 4.02. The summed E-state index contributed by atoms with van der Waals surface area (Å²) >= 11 is 0. The van der Waals surface area contributed by atoms with Crippen molar-refractivity contribution in [2.24, 2.45) is 0 Å². The van der Waals surface area contributed by atoms with Crippen molar-refractivity contribution in [3.8, 4) is 0 Å². The number of hydrogen-bond donors (Lipinski definition) is 0. The maximum Gasteiger partial charge on any atom is 0.416 e. The SMILES string of the molecule is O=C1N(c2ccc(C(F)(F)F)cc2)CCN1c1ccc(C(F)(F)F)cc1. The monoisotopic (exact) mass is 374 g/mol. The average Bonchev–Trinajstić information content (AvgIpc) is 2.95. The molecule has 0 saturated carbocycles. The molecule has 9 heteroatoms. The highest BCUT2D eigenvalue weighted by Crippen LogP contribution is 2.33. The van der Waals surface area contributed by atoms with Gasteiger partial charge in [0.1, 0.15) is 0 Å². The van der Waals surface area contributed by atoms with Crippen LogP contribution in [0.25, 0.3) is 0 Å². The summed E-state index contributed by atoms with van der Waals surface area (Å²) < 4.78 is 75.6. The van der Waals surface area contributed by atoms with Gasteiger partial charge in [-0.15, -0.1) is 0 Å². The van der Waals surface area contributed by atoms with E-state index in [1.54, 1.807) is 0 Å². The molecule has 1 aliphatic rings. The molecule has 1 fully saturated rings. The fraction of sp³-hybridized carbons (Fsp3) is 0.235. The van der Waals surface area contributed by atoms with Crippen molar-refractivity contribution in [3.05, 3.63) is 59.7 Å². The number of hydrogen-bond acceptors (Lipinski definition) is 1. The van der Waals surface area contributed by atoms with Crippen LogP contribution in [-0.2, 0) is 12.4 Å². The summed E-state index contributed by atoms with van der Waals surface area (Å²) in [6.07, 6.45) is -8.94. The molecule has 0 bridgehead atoms. The topological polar surface area (TPSA) is 23.6 Å². The molecule has 1 aliphatic heterocycles. The van der Waals surface area contributed by atoms with Crippen LogP contribution in [0.1, 0.15) is 11.1 Å². The van der Waals surface area contributed by atoms with Gasteiger partial charge in [-0.3, -0.25) is 9.80 Å². The van der Waals surface area contributed by atoms with Gasteiger partial charge in [-0.2, -0.15) is 26.3 Å². The molecule has 1 saturated heterocycles. The van der Waals surface area contributed by atoms with Crippen molar-refractivity contribution in [2.45, 2.75) is 12.4 Å². The van der Waals surface area contributed by atoms with Gasteiger partial charge in [-0.05, 0) is 48.5 Å². The second-order valence-corrected chi connectivity index (χ2v) is 5.68. The summed E-state index contributed by atoms with van der Waals surface area (Å²) in [6, 6.07) is 7.77. The van der Waals surface area contributed by atoms with E-state index in [-0.39, 0.29) is 24.5 Å². The molecule has 138 valence electrons. The second-order valence-electron chi connectivity index (χ2n) is 5.68. The largest absolute Gasteiger partial charge is 0.416 e. The number of carbonyl (C=O) groups excluding carboxylic acids is 1. The Morgan fingerprint density at radius 2 is 0.923 bits per heavy atom. The molecule has 3 nitrogen and oxygen atoms in total. The second kappa shape index (κ2) is 6.22. The predicted octanol–water partition coefficient (Wildman–Crippen LogP) is 5.17. The first-order valence-corrected chi connectivity index (χ1v) is 7.51. The Morgan fingerprint density at radius 1 is 0.615 bits per heavy atom. The highest BCUT2D eigenvalue weighted by Gasteiger charge is 2.34. The van der Waals surface area contributed by atoms with Crippen LogP contribution in [0, 0.1) is 0 Å². The minimum atomic E-state index is -4.47. The minimum Gasteiger partial charge on any atom is -0.292 e. The molecule has 0 N–H and O–H groups in total. The van der Waals surface area contributed by atoms with Gasteiger partial charge in [0.15, 0.2) is 0 Å². The molecule has 0 radical (unpaired) electrons. The Kier molecular flexibility index (Phi) is 4.33. The van der Waals surface area contributed by atoms with E-state index < -0.39 is 29.5 Å². The number of urea groups is 1. The van der Waals surface area contributed by atoms with Crippen molar-refractivity contribution in [2.75, 3.05) is 22.9 Å². The smallest absolute Gasteiger partial charge is 0.292 e. The molecule has 2 aromatic carbocycles. The number of rotatable bonds is 2. The number of carbonyl (C=O) groups is 1. The van der Waals surface area contributed by atoms with Crippen molar-refractivity contribution in [1.29, 1.82) is 0 Å². The summed E-state index contributed by atoms with van der Waals surface area (Å²) in [6.45, 7) is 0.427. The molecule has 0 atom stereocenters. The van der Waals surface area contributed by atoms with Crippen LogP contribution in [0.15, 0.2) is 48.5 Å². The molecule has 3 rings (SSSR count). The number of anilines is 2. The fourth-order valence-corrected chi connectivity index (χ4v) is 2.68. The van der Waals surface area contributed by atoms with Gasteiger partial charge in [0.2, 0.25) is 0 Å². The summed E-state index contributed by atoms with van der Waals surface area (Å²) in [5.41, 5.74) is -1.07. The predicted molar refractivity (Wildman–Crippen MR) is 83.0 cm³/mol. The van der Waals surface area contributed by atoms with Gasteiger partial charge in [0, 0.05) is 24.5 Å². The summed E-state index contributed by atoms with van der Waals surface area (Å²) in [5, 5.41) is 0. The number of benzene rings is 2. The molecule has 0 spiro atoms. The van der Waals surface area contributed by atoms with Crippen LogP contribution in [0.4, 0.5) is 42.5 Å². The van der Waals surface area contributed by atoms with E-state index >= 15 is 0 Å². The van der Waals surface area contributed by atoms with E-state index in [0.717, 1.165) is 24.3 Å². The van der Waals surface area contributed by atoms with Gasteiger partial charge in [0.25, 0.3) is 0 Å². The van der Waals surface area contributed by atoms with Crippen LogP contribution in [0.3, 0.4) is 0 Å². The van der Waals surface area contributed by atoms with Crippen LogP contribution in [0.5, 0.6) is 0 Å². The number of alkyl halides is 6. The molecular formula is C17H12F6N2O. The maximum atomic E-state index is 12.6. The Hall–Kier alpha value is -2.71. The van der Waals surface area contributed by atoms with Gasteiger partial charge < -0.3 is 0 Å². The summed E-state index contributed by atoms with van der Waals surface area (Å²) in [5.74, 6) is 0. The summed E-state index contributed by atoms with van der Waals surface area (Å²) in [7, 11) is 0. The number of nitrogens with zero attached hydrogens (tertiary/aromatic N) is 2. The van der Waals surface area contributed by atoms with Gasteiger partial charge in [0.05, 0.1) is 11.1 Å². The van der Waals surface area contributed by atoms with Gasteiger partial charge in [-0.1, -0.05) is 0 Å². The quantitative estimate of drug-likeness (QED) is 0.665. The Bertz CT molecular complexity index is 728.